The van der Waals surface area contributed by atoms with Crippen molar-refractivity contribution in [3.63, 3.8) is 0 Å². The maximum atomic E-state index is 11.9. The molecule has 0 aliphatic rings. The standard InChI is InChI=1S/C20H17N3O5S/c1-27-18-9-5-15(6-10-18)21-20-22-16(13-29-20)12-28-19(24)11-4-14-2-7-17(8-3-14)23(25)26/h2-11,13H,12H2,1H3,(H,21,22)/b11-4+. The summed E-state index contributed by atoms with van der Waals surface area (Å²) in [5, 5.41) is 16.3. The predicted molar refractivity (Wildman–Crippen MR) is 110 cm³/mol. The van der Waals surface area contributed by atoms with E-state index in [2.05, 4.69) is 10.3 Å². The molecule has 3 rings (SSSR count). The lowest BCUT2D eigenvalue weighted by molar-refractivity contribution is -0.384. The Labute approximate surface area is 170 Å². The highest BCUT2D eigenvalue weighted by Gasteiger charge is 2.06. The number of anilines is 2. The molecule has 0 saturated heterocycles. The normalized spacial score (nSPS) is 10.7. The molecule has 0 spiro atoms. The Morgan fingerprint density at radius 3 is 2.59 bits per heavy atom. The van der Waals surface area contributed by atoms with Crippen LogP contribution < -0.4 is 10.1 Å². The number of nitro benzene ring substituents is 1. The number of esters is 1. The number of thiazole rings is 1. The first-order chi connectivity index (χ1) is 14.0. The van der Waals surface area contributed by atoms with Crippen LogP contribution in [0.5, 0.6) is 5.75 Å². The molecule has 0 atom stereocenters. The van der Waals surface area contributed by atoms with Crippen LogP contribution in [0, 0.1) is 10.1 Å². The van der Waals surface area contributed by atoms with Gasteiger partial charge in [0.2, 0.25) is 0 Å². The Kier molecular flexibility index (Phi) is 6.54. The van der Waals surface area contributed by atoms with Gasteiger partial charge < -0.3 is 14.8 Å². The Morgan fingerprint density at radius 2 is 1.93 bits per heavy atom. The number of hydrogen-bond donors (Lipinski definition) is 1. The van der Waals surface area contributed by atoms with Crippen LogP contribution in [0.2, 0.25) is 0 Å². The van der Waals surface area contributed by atoms with Gasteiger partial charge in [-0.15, -0.1) is 11.3 Å². The number of nitrogens with zero attached hydrogens (tertiary/aromatic N) is 2. The Morgan fingerprint density at radius 1 is 1.21 bits per heavy atom. The van der Waals surface area contributed by atoms with E-state index < -0.39 is 10.9 Å². The summed E-state index contributed by atoms with van der Waals surface area (Å²) in [7, 11) is 1.61. The fraction of sp³-hybridized carbons (Fsp3) is 0.100. The molecule has 8 nitrogen and oxygen atoms in total. The van der Waals surface area contributed by atoms with Crippen molar-refractivity contribution >= 4 is 39.9 Å². The predicted octanol–water partition coefficient (Wildman–Crippen LogP) is 4.56. The molecule has 0 saturated carbocycles. The van der Waals surface area contributed by atoms with Gasteiger partial charge in [-0.2, -0.15) is 0 Å². The minimum absolute atomic E-state index is 0.00712. The summed E-state index contributed by atoms with van der Waals surface area (Å²) >= 11 is 1.40. The first-order valence-electron chi connectivity index (χ1n) is 8.48. The van der Waals surface area contributed by atoms with E-state index in [9.17, 15) is 14.9 Å². The number of hydrogen-bond acceptors (Lipinski definition) is 8. The quantitative estimate of drug-likeness (QED) is 0.251. The number of nitro groups is 1. The number of carbonyl (C=O) groups is 1. The number of methoxy groups -OCH3 is 1. The first kappa shape index (κ1) is 20.0. The number of carbonyl (C=O) groups excluding carboxylic acids is 1. The van der Waals surface area contributed by atoms with Crippen molar-refractivity contribution < 1.29 is 19.2 Å². The molecule has 0 aliphatic carbocycles. The Bertz CT molecular complexity index is 1010. The highest BCUT2D eigenvalue weighted by Crippen LogP contribution is 2.23. The van der Waals surface area contributed by atoms with Gasteiger partial charge in [-0.3, -0.25) is 10.1 Å². The van der Waals surface area contributed by atoms with Crippen LogP contribution in [-0.4, -0.2) is 23.0 Å². The van der Waals surface area contributed by atoms with Crippen LogP contribution in [0.25, 0.3) is 6.08 Å². The zero-order valence-electron chi connectivity index (χ0n) is 15.4. The zero-order chi connectivity index (χ0) is 20.6. The molecule has 0 radical (unpaired) electrons. The molecule has 3 aromatic rings. The molecule has 0 amide bonds. The van der Waals surface area contributed by atoms with Gasteiger partial charge in [0.1, 0.15) is 12.4 Å². The van der Waals surface area contributed by atoms with Crippen molar-refractivity contribution in [2.24, 2.45) is 0 Å². The van der Waals surface area contributed by atoms with Crippen LogP contribution in [0.4, 0.5) is 16.5 Å². The second-order valence-corrected chi connectivity index (χ2v) is 6.65. The fourth-order valence-electron chi connectivity index (χ4n) is 2.29. The number of ether oxygens (including phenoxy) is 2. The van der Waals surface area contributed by atoms with Gasteiger partial charge in [-0.25, -0.2) is 9.78 Å². The van der Waals surface area contributed by atoms with Crippen LogP contribution in [-0.2, 0) is 16.1 Å². The van der Waals surface area contributed by atoms with Crippen molar-refractivity contribution in [1.29, 1.82) is 0 Å². The fourth-order valence-corrected chi connectivity index (χ4v) is 3.01. The molecule has 9 heteroatoms. The minimum atomic E-state index is -0.527. The molecule has 0 bridgehead atoms. The topological polar surface area (TPSA) is 104 Å². The van der Waals surface area contributed by atoms with Gasteiger partial charge in [-0.1, -0.05) is 0 Å². The van der Waals surface area contributed by atoms with Gasteiger partial charge in [0, 0.05) is 29.3 Å². The van der Waals surface area contributed by atoms with Crippen LogP contribution >= 0.6 is 11.3 Å². The van der Waals surface area contributed by atoms with Crippen LogP contribution in [0.15, 0.2) is 60.0 Å². The molecule has 0 unspecified atom stereocenters. The molecular formula is C20H17N3O5S. The molecule has 2 aromatic carbocycles. The summed E-state index contributed by atoms with van der Waals surface area (Å²) < 4.78 is 10.3. The number of benzene rings is 2. The van der Waals surface area contributed by atoms with E-state index in [-0.39, 0.29) is 12.3 Å². The third-order valence-corrected chi connectivity index (χ3v) is 4.58. The summed E-state index contributed by atoms with van der Waals surface area (Å²) in [6, 6.07) is 13.3. The van der Waals surface area contributed by atoms with E-state index >= 15 is 0 Å². The third-order valence-electron chi connectivity index (χ3n) is 3.77. The van der Waals surface area contributed by atoms with E-state index in [4.69, 9.17) is 9.47 Å². The molecule has 0 aliphatic heterocycles. The SMILES string of the molecule is COc1ccc(Nc2nc(COC(=O)/C=C/c3ccc([N+](=O)[O-])cc3)cs2)cc1. The molecular weight excluding hydrogens is 394 g/mol. The van der Waals surface area contributed by atoms with Gasteiger partial charge in [0.15, 0.2) is 5.13 Å². The van der Waals surface area contributed by atoms with Gasteiger partial charge in [-0.05, 0) is 48.0 Å². The first-order valence-corrected chi connectivity index (χ1v) is 9.36. The van der Waals surface area contributed by atoms with Gasteiger partial charge in [0.05, 0.1) is 17.7 Å². The van der Waals surface area contributed by atoms with Crippen molar-refractivity contribution in [2.75, 3.05) is 12.4 Å². The summed E-state index contributed by atoms with van der Waals surface area (Å²) in [4.78, 5) is 26.4. The lowest BCUT2D eigenvalue weighted by atomic mass is 10.2. The van der Waals surface area contributed by atoms with Crippen molar-refractivity contribution in [3.05, 3.63) is 81.4 Å². The lowest BCUT2D eigenvalue weighted by Gasteiger charge is -2.04. The van der Waals surface area contributed by atoms with E-state index in [0.29, 0.717) is 16.4 Å². The number of aromatic nitrogens is 1. The average Bonchev–Trinajstić information content (AvgIpc) is 3.19. The second kappa shape index (κ2) is 9.47. The Balaban J connectivity index is 1.49. The maximum absolute atomic E-state index is 11.9. The smallest absolute Gasteiger partial charge is 0.331 e. The van der Waals surface area contributed by atoms with Crippen LogP contribution in [0.1, 0.15) is 11.3 Å². The van der Waals surface area contributed by atoms with E-state index in [0.717, 1.165) is 11.4 Å². The van der Waals surface area contributed by atoms with Gasteiger partial charge >= 0.3 is 5.97 Å². The number of nitrogens with one attached hydrogen (secondary N) is 1. The zero-order valence-corrected chi connectivity index (χ0v) is 16.2. The maximum Gasteiger partial charge on any atom is 0.331 e. The second-order valence-electron chi connectivity index (χ2n) is 5.79. The number of non-ortho nitro benzene ring substituents is 1. The molecule has 1 N–H and O–H groups in total. The monoisotopic (exact) mass is 411 g/mol. The largest absolute Gasteiger partial charge is 0.497 e. The van der Waals surface area contributed by atoms with E-state index in [1.807, 2.05) is 24.3 Å². The van der Waals surface area contributed by atoms with E-state index in [1.54, 1.807) is 24.6 Å². The highest BCUT2D eigenvalue weighted by molar-refractivity contribution is 7.13. The summed E-state index contributed by atoms with van der Waals surface area (Å²) in [5.41, 5.74) is 2.15. The Hall–Kier alpha value is -3.72. The van der Waals surface area contributed by atoms with Gasteiger partial charge in [0.25, 0.3) is 5.69 Å². The molecule has 0 fully saturated rings. The van der Waals surface area contributed by atoms with Crippen molar-refractivity contribution in [1.82, 2.24) is 4.98 Å². The molecule has 29 heavy (non-hydrogen) atoms. The van der Waals surface area contributed by atoms with Crippen molar-refractivity contribution in [3.8, 4) is 5.75 Å². The summed E-state index contributed by atoms with van der Waals surface area (Å²) in [6.07, 6.45) is 2.80. The summed E-state index contributed by atoms with van der Waals surface area (Å²) in [5.74, 6) is 0.241. The number of rotatable bonds is 8. The highest BCUT2D eigenvalue weighted by atomic mass is 32.1. The summed E-state index contributed by atoms with van der Waals surface area (Å²) in [6.45, 7) is 0.0459. The third kappa shape index (κ3) is 5.88. The minimum Gasteiger partial charge on any atom is -0.497 e. The van der Waals surface area contributed by atoms with Crippen molar-refractivity contribution in [2.45, 2.75) is 6.61 Å². The average molecular weight is 411 g/mol. The molecule has 1 heterocycles. The molecule has 148 valence electrons. The molecule has 1 aromatic heterocycles. The van der Waals surface area contributed by atoms with Crippen LogP contribution in [0.3, 0.4) is 0 Å². The lowest BCUT2D eigenvalue weighted by Crippen LogP contribution is -2.01. The van der Waals surface area contributed by atoms with E-state index in [1.165, 1.54) is 35.6 Å².